The second-order valence-corrected chi connectivity index (χ2v) is 4.99. The van der Waals surface area contributed by atoms with Gasteiger partial charge in [0, 0.05) is 26.2 Å². The molecule has 2 rings (SSSR count). The summed E-state index contributed by atoms with van der Waals surface area (Å²) in [4.78, 5) is 4.59. The predicted molar refractivity (Wildman–Crippen MR) is 76.2 cm³/mol. The number of anilines is 1. The first-order chi connectivity index (χ1) is 9.26. The Labute approximate surface area is 114 Å². The van der Waals surface area contributed by atoms with E-state index < -0.39 is 0 Å². The molecule has 0 amide bonds. The minimum absolute atomic E-state index is 0.216. The molecule has 0 bridgehead atoms. The van der Waals surface area contributed by atoms with E-state index in [0.29, 0.717) is 0 Å². The molecule has 0 aliphatic carbocycles. The zero-order valence-electron chi connectivity index (χ0n) is 11.5. The van der Waals surface area contributed by atoms with Crippen molar-refractivity contribution < 1.29 is 5.11 Å². The number of aliphatic hydroxyl groups is 1. The Morgan fingerprint density at radius 1 is 1.26 bits per heavy atom. The number of β-amino-alcohol motifs (C(OH)–C–C–N with tert-alkyl or cyclic N) is 1. The Morgan fingerprint density at radius 2 is 2.11 bits per heavy atom. The van der Waals surface area contributed by atoms with Crippen LogP contribution in [0.2, 0.25) is 0 Å². The molecule has 1 heterocycles. The average molecular weight is 259 g/mol. The van der Waals surface area contributed by atoms with Crippen molar-refractivity contribution in [3.8, 4) is 6.07 Å². The molecule has 1 saturated heterocycles. The highest BCUT2D eigenvalue weighted by Crippen LogP contribution is 2.25. The standard InChI is InChI=1S/C15H21N3O/c1-13-4-2-5-14(12-16)15(13)18-7-3-6-17(8-9-18)10-11-19/h2,4-5,19H,3,6-11H2,1H3. The number of hydrogen-bond donors (Lipinski definition) is 1. The fourth-order valence-electron chi connectivity index (χ4n) is 2.73. The molecule has 0 atom stereocenters. The molecule has 0 aromatic heterocycles. The summed E-state index contributed by atoms with van der Waals surface area (Å²) in [5.74, 6) is 0. The number of para-hydroxylation sites is 1. The van der Waals surface area contributed by atoms with E-state index in [9.17, 15) is 5.26 Å². The Morgan fingerprint density at radius 3 is 2.84 bits per heavy atom. The third-order valence-corrected chi connectivity index (χ3v) is 3.68. The molecule has 19 heavy (non-hydrogen) atoms. The minimum Gasteiger partial charge on any atom is -0.395 e. The van der Waals surface area contributed by atoms with Gasteiger partial charge in [-0.05, 0) is 31.5 Å². The van der Waals surface area contributed by atoms with E-state index >= 15 is 0 Å². The van der Waals surface area contributed by atoms with Gasteiger partial charge in [0.15, 0.2) is 0 Å². The topological polar surface area (TPSA) is 50.5 Å². The molecule has 1 aliphatic rings. The van der Waals surface area contributed by atoms with E-state index in [1.54, 1.807) is 0 Å². The highest BCUT2D eigenvalue weighted by atomic mass is 16.3. The van der Waals surface area contributed by atoms with Crippen LogP contribution in [0.25, 0.3) is 0 Å². The molecule has 0 spiro atoms. The fourth-order valence-corrected chi connectivity index (χ4v) is 2.73. The van der Waals surface area contributed by atoms with Crippen molar-refractivity contribution in [2.24, 2.45) is 0 Å². The van der Waals surface area contributed by atoms with Crippen LogP contribution in [0.3, 0.4) is 0 Å². The lowest BCUT2D eigenvalue weighted by molar-refractivity contribution is 0.204. The van der Waals surface area contributed by atoms with Gasteiger partial charge in [-0.3, -0.25) is 4.90 Å². The summed E-state index contributed by atoms with van der Waals surface area (Å²) in [5.41, 5.74) is 3.00. The molecule has 1 aromatic carbocycles. The summed E-state index contributed by atoms with van der Waals surface area (Å²) in [6.45, 7) is 6.87. The van der Waals surface area contributed by atoms with Crippen LogP contribution in [0.15, 0.2) is 18.2 Å². The molecule has 4 heteroatoms. The minimum atomic E-state index is 0.216. The zero-order chi connectivity index (χ0) is 13.7. The molecule has 1 fully saturated rings. The van der Waals surface area contributed by atoms with Crippen LogP contribution in [0.5, 0.6) is 0 Å². The van der Waals surface area contributed by atoms with Crippen molar-refractivity contribution >= 4 is 5.69 Å². The molecule has 102 valence electrons. The Hall–Kier alpha value is -1.57. The van der Waals surface area contributed by atoms with Crippen LogP contribution in [-0.2, 0) is 0 Å². The highest BCUT2D eigenvalue weighted by molar-refractivity contribution is 5.64. The second-order valence-electron chi connectivity index (χ2n) is 4.99. The van der Waals surface area contributed by atoms with Gasteiger partial charge in [-0.2, -0.15) is 5.26 Å². The maximum absolute atomic E-state index is 9.26. The van der Waals surface area contributed by atoms with Gasteiger partial charge >= 0.3 is 0 Å². The van der Waals surface area contributed by atoms with E-state index in [4.69, 9.17) is 5.11 Å². The monoisotopic (exact) mass is 259 g/mol. The Balaban J connectivity index is 2.17. The van der Waals surface area contributed by atoms with Gasteiger partial charge in [0.05, 0.1) is 17.9 Å². The third kappa shape index (κ3) is 3.25. The first kappa shape index (κ1) is 13.9. The van der Waals surface area contributed by atoms with Gasteiger partial charge in [0.2, 0.25) is 0 Å². The maximum atomic E-state index is 9.26. The molecule has 0 saturated carbocycles. The van der Waals surface area contributed by atoms with E-state index in [1.165, 1.54) is 0 Å². The Kier molecular flexibility index (Phi) is 4.78. The number of rotatable bonds is 3. The summed E-state index contributed by atoms with van der Waals surface area (Å²) in [7, 11) is 0. The maximum Gasteiger partial charge on any atom is 0.101 e. The SMILES string of the molecule is Cc1cccc(C#N)c1N1CCCN(CCO)CC1. The molecule has 0 unspecified atom stereocenters. The summed E-state index contributed by atoms with van der Waals surface area (Å²) in [6.07, 6.45) is 1.07. The predicted octanol–water partition coefficient (Wildman–Crippen LogP) is 1.37. The lowest BCUT2D eigenvalue weighted by Gasteiger charge is -2.26. The molecule has 1 aromatic rings. The zero-order valence-corrected chi connectivity index (χ0v) is 11.5. The van der Waals surface area contributed by atoms with Gasteiger partial charge < -0.3 is 10.0 Å². The van der Waals surface area contributed by atoms with Crippen LogP contribution >= 0.6 is 0 Å². The van der Waals surface area contributed by atoms with E-state index in [2.05, 4.69) is 28.9 Å². The molecule has 4 nitrogen and oxygen atoms in total. The number of aliphatic hydroxyl groups excluding tert-OH is 1. The molecule has 1 aliphatic heterocycles. The first-order valence-electron chi connectivity index (χ1n) is 6.84. The van der Waals surface area contributed by atoms with Gasteiger partial charge in [0.25, 0.3) is 0 Å². The number of benzene rings is 1. The molecular formula is C15H21N3O. The molecule has 1 N–H and O–H groups in total. The normalized spacial score (nSPS) is 17.0. The smallest absolute Gasteiger partial charge is 0.101 e. The van der Waals surface area contributed by atoms with Gasteiger partial charge in [-0.25, -0.2) is 0 Å². The highest BCUT2D eigenvalue weighted by Gasteiger charge is 2.18. The summed E-state index contributed by atoms with van der Waals surface area (Å²) in [6, 6.07) is 8.18. The van der Waals surface area contributed by atoms with E-state index in [0.717, 1.165) is 56.0 Å². The van der Waals surface area contributed by atoms with Crippen molar-refractivity contribution in [2.75, 3.05) is 44.2 Å². The van der Waals surface area contributed by atoms with Crippen molar-refractivity contribution in [1.82, 2.24) is 4.90 Å². The molecular weight excluding hydrogens is 238 g/mol. The quantitative estimate of drug-likeness (QED) is 0.891. The largest absolute Gasteiger partial charge is 0.395 e. The van der Waals surface area contributed by atoms with Gasteiger partial charge in [-0.1, -0.05) is 12.1 Å². The summed E-state index contributed by atoms with van der Waals surface area (Å²) >= 11 is 0. The van der Waals surface area contributed by atoms with E-state index in [-0.39, 0.29) is 6.61 Å². The lowest BCUT2D eigenvalue weighted by Crippen LogP contribution is -2.33. The van der Waals surface area contributed by atoms with Crippen molar-refractivity contribution in [1.29, 1.82) is 5.26 Å². The second kappa shape index (κ2) is 6.55. The van der Waals surface area contributed by atoms with Crippen LogP contribution in [-0.4, -0.2) is 49.3 Å². The van der Waals surface area contributed by atoms with E-state index in [1.807, 2.05) is 12.1 Å². The summed E-state index contributed by atoms with van der Waals surface area (Å²) in [5, 5.41) is 18.3. The number of nitrogens with zero attached hydrogens (tertiary/aromatic N) is 3. The van der Waals surface area contributed by atoms with Crippen molar-refractivity contribution in [3.63, 3.8) is 0 Å². The number of nitriles is 1. The Bertz CT molecular complexity index is 467. The van der Waals surface area contributed by atoms with Crippen LogP contribution in [0.1, 0.15) is 17.5 Å². The molecule has 0 radical (unpaired) electrons. The van der Waals surface area contributed by atoms with Crippen LogP contribution in [0, 0.1) is 18.3 Å². The third-order valence-electron chi connectivity index (χ3n) is 3.68. The lowest BCUT2D eigenvalue weighted by atomic mass is 10.1. The van der Waals surface area contributed by atoms with Gasteiger partial charge in [0.1, 0.15) is 6.07 Å². The van der Waals surface area contributed by atoms with Gasteiger partial charge in [-0.15, -0.1) is 0 Å². The van der Waals surface area contributed by atoms with Crippen molar-refractivity contribution in [2.45, 2.75) is 13.3 Å². The van der Waals surface area contributed by atoms with Crippen LogP contribution in [0.4, 0.5) is 5.69 Å². The fraction of sp³-hybridized carbons (Fsp3) is 0.533. The number of hydrogen-bond acceptors (Lipinski definition) is 4. The average Bonchev–Trinajstić information content (AvgIpc) is 2.64. The number of aryl methyl sites for hydroxylation is 1. The first-order valence-corrected chi connectivity index (χ1v) is 6.84. The van der Waals surface area contributed by atoms with Crippen LogP contribution < -0.4 is 4.90 Å². The summed E-state index contributed by atoms with van der Waals surface area (Å²) < 4.78 is 0. The van der Waals surface area contributed by atoms with Crippen molar-refractivity contribution in [3.05, 3.63) is 29.3 Å².